The Morgan fingerprint density at radius 2 is 1.92 bits per heavy atom. The van der Waals surface area contributed by atoms with Crippen molar-refractivity contribution in [3.8, 4) is 0 Å². The monoisotopic (exact) mass is 323 g/mol. The smallest absolute Gasteiger partial charge is 0.352 e. The van der Waals surface area contributed by atoms with Crippen molar-refractivity contribution in [2.24, 2.45) is 7.05 Å². The summed E-state index contributed by atoms with van der Waals surface area (Å²) in [5, 5.41) is 13.1. The Balaban J connectivity index is 1.85. The zero-order chi connectivity index (χ0) is 17.1. The first-order valence-corrected chi connectivity index (χ1v) is 7.54. The lowest BCUT2D eigenvalue weighted by atomic mass is 10.1. The lowest BCUT2D eigenvalue weighted by molar-refractivity contribution is -0.120. The Bertz CT molecular complexity index is 901. The average Bonchev–Trinajstić information content (AvgIpc) is 2.87. The number of hydrogen-bond acceptors (Lipinski definition) is 3. The van der Waals surface area contributed by atoms with Crippen LogP contribution in [0.3, 0.4) is 0 Å². The van der Waals surface area contributed by atoms with Crippen LogP contribution in [0, 0.1) is 0 Å². The molecule has 24 heavy (non-hydrogen) atoms. The highest BCUT2D eigenvalue weighted by atomic mass is 16.4. The van der Waals surface area contributed by atoms with Crippen molar-refractivity contribution in [2.75, 3.05) is 0 Å². The lowest BCUT2D eigenvalue weighted by Crippen LogP contribution is -2.25. The van der Waals surface area contributed by atoms with Gasteiger partial charge in [-0.15, -0.1) is 0 Å². The van der Waals surface area contributed by atoms with Crippen molar-refractivity contribution in [3.63, 3.8) is 0 Å². The van der Waals surface area contributed by atoms with E-state index in [1.165, 1.54) is 0 Å². The third-order valence-electron chi connectivity index (χ3n) is 3.94. The van der Waals surface area contributed by atoms with Crippen molar-refractivity contribution in [3.05, 3.63) is 65.6 Å². The van der Waals surface area contributed by atoms with E-state index in [1.54, 1.807) is 23.9 Å². The van der Waals surface area contributed by atoms with E-state index in [0.29, 0.717) is 12.1 Å². The van der Waals surface area contributed by atoms with Gasteiger partial charge in [0.15, 0.2) is 0 Å². The van der Waals surface area contributed by atoms with Gasteiger partial charge < -0.3 is 15.0 Å². The van der Waals surface area contributed by atoms with Crippen LogP contribution < -0.4 is 5.32 Å². The molecule has 0 unspecified atom stereocenters. The van der Waals surface area contributed by atoms with Gasteiger partial charge in [0.25, 0.3) is 0 Å². The number of fused-ring (bicyclic) bond motifs is 1. The predicted molar refractivity (Wildman–Crippen MR) is 89.7 cm³/mol. The summed E-state index contributed by atoms with van der Waals surface area (Å²) < 4.78 is 1.61. The maximum Gasteiger partial charge on any atom is 0.352 e. The molecule has 0 aliphatic heterocycles. The molecule has 2 N–H and O–H groups in total. The van der Waals surface area contributed by atoms with Crippen molar-refractivity contribution in [2.45, 2.75) is 13.0 Å². The molecule has 2 heterocycles. The highest BCUT2D eigenvalue weighted by Crippen LogP contribution is 2.25. The number of aryl methyl sites for hydroxylation is 1. The molecule has 0 atom stereocenters. The van der Waals surface area contributed by atoms with E-state index in [4.69, 9.17) is 0 Å². The summed E-state index contributed by atoms with van der Waals surface area (Å²) in [7, 11) is 1.70. The van der Waals surface area contributed by atoms with E-state index in [-0.39, 0.29) is 18.0 Å². The molecule has 0 radical (unpaired) electrons. The van der Waals surface area contributed by atoms with Crippen LogP contribution in [0.2, 0.25) is 0 Å². The molecule has 3 aromatic rings. The normalized spacial score (nSPS) is 10.7. The minimum absolute atomic E-state index is 0.00974. The molecule has 6 heteroatoms. The van der Waals surface area contributed by atoms with Crippen LogP contribution in [0.1, 0.15) is 21.7 Å². The van der Waals surface area contributed by atoms with Gasteiger partial charge in [0.2, 0.25) is 5.91 Å². The Kier molecular flexibility index (Phi) is 4.29. The number of nitrogens with zero attached hydrogens (tertiary/aromatic N) is 2. The van der Waals surface area contributed by atoms with E-state index in [1.807, 2.05) is 36.4 Å². The SMILES string of the molecule is Cn1c(C(=O)O)c(CC(=O)NCc2ccccn2)c2ccccc21. The number of rotatable bonds is 5. The van der Waals surface area contributed by atoms with Gasteiger partial charge in [-0.05, 0) is 18.2 Å². The molecule has 0 saturated heterocycles. The number of para-hydroxylation sites is 1. The van der Waals surface area contributed by atoms with Crippen molar-refractivity contribution in [1.29, 1.82) is 0 Å². The highest BCUT2D eigenvalue weighted by molar-refractivity contribution is 6.00. The van der Waals surface area contributed by atoms with Crippen LogP contribution in [0.4, 0.5) is 0 Å². The molecule has 122 valence electrons. The second kappa shape index (κ2) is 6.54. The van der Waals surface area contributed by atoms with Gasteiger partial charge in [-0.3, -0.25) is 9.78 Å². The summed E-state index contributed by atoms with van der Waals surface area (Å²) in [6.45, 7) is 0.312. The maximum atomic E-state index is 12.3. The lowest BCUT2D eigenvalue weighted by Gasteiger charge is -2.06. The Morgan fingerprint density at radius 1 is 1.17 bits per heavy atom. The number of aromatic nitrogens is 2. The number of benzene rings is 1. The maximum absolute atomic E-state index is 12.3. The fourth-order valence-corrected chi connectivity index (χ4v) is 2.84. The van der Waals surface area contributed by atoms with E-state index >= 15 is 0 Å². The summed E-state index contributed by atoms with van der Waals surface area (Å²) in [6.07, 6.45) is 1.67. The number of hydrogen-bond donors (Lipinski definition) is 2. The van der Waals surface area contributed by atoms with Gasteiger partial charge in [-0.25, -0.2) is 4.79 Å². The number of amides is 1. The molecular weight excluding hydrogens is 306 g/mol. The van der Waals surface area contributed by atoms with Gasteiger partial charge in [-0.1, -0.05) is 24.3 Å². The van der Waals surface area contributed by atoms with Crippen LogP contribution in [-0.4, -0.2) is 26.5 Å². The second-order valence-corrected chi connectivity index (χ2v) is 5.48. The highest BCUT2D eigenvalue weighted by Gasteiger charge is 2.22. The van der Waals surface area contributed by atoms with Crippen molar-refractivity contribution < 1.29 is 14.7 Å². The summed E-state index contributed by atoms with van der Waals surface area (Å²) in [4.78, 5) is 28.0. The fraction of sp³-hybridized carbons (Fsp3) is 0.167. The van der Waals surface area contributed by atoms with Crippen LogP contribution in [-0.2, 0) is 24.8 Å². The molecule has 2 aromatic heterocycles. The van der Waals surface area contributed by atoms with Crippen LogP contribution in [0.25, 0.3) is 10.9 Å². The molecular formula is C18H17N3O3. The van der Waals surface area contributed by atoms with E-state index in [9.17, 15) is 14.7 Å². The van der Waals surface area contributed by atoms with Gasteiger partial charge >= 0.3 is 5.97 Å². The number of aromatic carboxylic acids is 1. The number of nitrogens with one attached hydrogen (secondary N) is 1. The first-order chi connectivity index (χ1) is 11.6. The standard InChI is InChI=1S/C18H17N3O3/c1-21-15-8-3-2-7-13(15)14(17(21)18(23)24)10-16(22)20-11-12-6-4-5-9-19-12/h2-9H,10-11H2,1H3,(H,20,22)(H,23,24). The average molecular weight is 323 g/mol. The van der Waals surface area contributed by atoms with Crippen LogP contribution >= 0.6 is 0 Å². The third-order valence-corrected chi connectivity index (χ3v) is 3.94. The molecule has 6 nitrogen and oxygen atoms in total. The molecule has 1 amide bonds. The van der Waals surface area contributed by atoms with Gasteiger partial charge in [0.1, 0.15) is 5.69 Å². The number of carbonyl (C=O) groups excluding carboxylic acids is 1. The minimum Gasteiger partial charge on any atom is -0.477 e. The topological polar surface area (TPSA) is 84.2 Å². The van der Waals surface area contributed by atoms with E-state index in [0.717, 1.165) is 16.6 Å². The van der Waals surface area contributed by atoms with Gasteiger partial charge in [-0.2, -0.15) is 0 Å². The summed E-state index contributed by atoms with van der Waals surface area (Å²) in [5.41, 5.74) is 2.22. The zero-order valence-corrected chi connectivity index (χ0v) is 13.2. The Hall–Kier alpha value is -3.15. The van der Waals surface area contributed by atoms with E-state index < -0.39 is 5.97 Å². The fourth-order valence-electron chi connectivity index (χ4n) is 2.84. The van der Waals surface area contributed by atoms with Crippen LogP contribution in [0.15, 0.2) is 48.7 Å². The molecule has 0 aliphatic rings. The van der Waals surface area contributed by atoms with Crippen molar-refractivity contribution in [1.82, 2.24) is 14.9 Å². The second-order valence-electron chi connectivity index (χ2n) is 5.48. The van der Waals surface area contributed by atoms with E-state index in [2.05, 4.69) is 10.3 Å². The molecule has 0 fully saturated rings. The molecule has 1 aromatic carbocycles. The molecule has 0 aliphatic carbocycles. The first-order valence-electron chi connectivity index (χ1n) is 7.54. The number of carboxylic acids is 1. The number of carboxylic acid groups (broad SMARTS) is 1. The van der Waals surface area contributed by atoms with Gasteiger partial charge in [0, 0.05) is 29.7 Å². The minimum atomic E-state index is -1.04. The molecule has 0 spiro atoms. The molecule has 0 saturated carbocycles. The summed E-state index contributed by atoms with van der Waals surface area (Å²) >= 11 is 0. The number of carbonyl (C=O) groups is 2. The largest absolute Gasteiger partial charge is 0.477 e. The predicted octanol–water partition coefficient (Wildman–Crippen LogP) is 2.13. The Morgan fingerprint density at radius 3 is 2.62 bits per heavy atom. The quantitative estimate of drug-likeness (QED) is 0.753. The first kappa shape index (κ1) is 15.7. The van der Waals surface area contributed by atoms with Crippen LogP contribution in [0.5, 0.6) is 0 Å². The van der Waals surface area contributed by atoms with Gasteiger partial charge in [0.05, 0.1) is 18.7 Å². The molecule has 0 bridgehead atoms. The zero-order valence-electron chi connectivity index (χ0n) is 13.2. The number of pyridine rings is 1. The van der Waals surface area contributed by atoms with Crippen molar-refractivity contribution >= 4 is 22.8 Å². The Labute approximate surface area is 138 Å². The molecule has 3 rings (SSSR count). The summed E-state index contributed by atoms with van der Waals surface area (Å²) in [6, 6.07) is 12.8. The third kappa shape index (κ3) is 2.99. The summed E-state index contributed by atoms with van der Waals surface area (Å²) in [5.74, 6) is -1.28.